The SMILES string of the molecule is COC1(N(C(C)=O)c2cccs2)C(=O)N2CC(COC(N)=O)(C(=O)[O-])CS[C@@H]21.[Na+]. The van der Waals surface area contributed by atoms with Crippen LogP contribution < -0.4 is 45.3 Å². The number of carbonyl (C=O) groups excluding carboxylic acids is 4. The number of aliphatic carboxylic acids is 1. The molecule has 2 unspecified atom stereocenters. The van der Waals surface area contributed by atoms with Gasteiger partial charge in [0.25, 0.3) is 11.6 Å². The van der Waals surface area contributed by atoms with Crippen molar-refractivity contribution in [3.05, 3.63) is 17.5 Å². The second-order valence-corrected chi connectivity index (χ2v) is 8.47. The van der Waals surface area contributed by atoms with Crippen LogP contribution in [0.2, 0.25) is 0 Å². The number of thioether (sulfide) groups is 1. The fourth-order valence-electron chi connectivity index (χ4n) is 3.45. The first-order valence-electron chi connectivity index (χ1n) is 8.15. The molecule has 0 bridgehead atoms. The van der Waals surface area contributed by atoms with Crippen molar-refractivity contribution in [1.82, 2.24) is 4.90 Å². The molecule has 0 radical (unpaired) electrons. The zero-order chi connectivity index (χ0) is 20.7. The minimum atomic E-state index is -1.60. The molecular weight excluding hydrogens is 433 g/mol. The number of primary amides is 1. The second kappa shape index (κ2) is 8.82. The number of anilines is 1. The van der Waals surface area contributed by atoms with E-state index in [9.17, 15) is 24.3 Å². The maximum Gasteiger partial charge on any atom is 1.00 e. The van der Waals surface area contributed by atoms with Crippen LogP contribution in [0.1, 0.15) is 6.92 Å². The minimum Gasteiger partial charge on any atom is -0.549 e. The molecule has 0 aliphatic carbocycles. The van der Waals surface area contributed by atoms with Gasteiger partial charge in [-0.1, -0.05) is 0 Å². The molecule has 0 saturated carbocycles. The summed E-state index contributed by atoms with van der Waals surface area (Å²) in [6, 6.07) is 3.44. The molecule has 1 aromatic heterocycles. The summed E-state index contributed by atoms with van der Waals surface area (Å²) in [6.07, 6.45) is -1.12. The van der Waals surface area contributed by atoms with Crippen LogP contribution >= 0.6 is 23.1 Å². The molecule has 3 rings (SSSR count). The summed E-state index contributed by atoms with van der Waals surface area (Å²) in [4.78, 5) is 50.7. The van der Waals surface area contributed by atoms with Gasteiger partial charge < -0.3 is 30.0 Å². The van der Waals surface area contributed by atoms with E-state index in [2.05, 4.69) is 4.74 Å². The van der Waals surface area contributed by atoms with E-state index in [-0.39, 0.29) is 47.8 Å². The third-order valence-corrected chi connectivity index (χ3v) is 7.25. The summed E-state index contributed by atoms with van der Waals surface area (Å²) in [5.74, 6) is -2.41. The van der Waals surface area contributed by atoms with Crippen LogP contribution in [0.5, 0.6) is 0 Å². The Bertz CT molecular complexity index is 823. The van der Waals surface area contributed by atoms with Crippen LogP contribution in [-0.2, 0) is 23.9 Å². The summed E-state index contributed by atoms with van der Waals surface area (Å²) in [7, 11) is 1.33. The molecule has 2 aliphatic heterocycles. The van der Waals surface area contributed by atoms with E-state index in [1.54, 1.807) is 17.5 Å². The van der Waals surface area contributed by atoms with Crippen molar-refractivity contribution in [1.29, 1.82) is 0 Å². The topological polar surface area (TPSA) is 142 Å². The van der Waals surface area contributed by atoms with Gasteiger partial charge >= 0.3 is 35.7 Å². The standard InChI is InChI=1S/C16H19N3O7S2.Na/c1-9(20)19(10-4-3-5-27-10)16(25-2)11(21)18-6-15(13(22)23,7-26-14(17)24)8-28-12(16)18;/h3-5,12H,6-8H2,1-2H3,(H2,17,24)(H,22,23);/q;+1/p-1/t12-,15?,16?;/m1./s1. The molecule has 2 fully saturated rings. The molecule has 13 heteroatoms. The van der Waals surface area contributed by atoms with Gasteiger partial charge in [-0.05, 0) is 17.5 Å². The van der Waals surface area contributed by atoms with Gasteiger partial charge in [0.1, 0.15) is 17.0 Å². The Kier molecular flexibility index (Phi) is 7.29. The number of methoxy groups -OCH3 is 1. The van der Waals surface area contributed by atoms with Crippen LogP contribution in [0.25, 0.3) is 0 Å². The van der Waals surface area contributed by atoms with E-state index in [0.717, 1.165) is 11.8 Å². The number of amides is 3. The minimum absolute atomic E-state index is 0. The zero-order valence-electron chi connectivity index (χ0n) is 16.1. The number of nitrogens with zero attached hydrogens (tertiary/aromatic N) is 2. The van der Waals surface area contributed by atoms with Crippen molar-refractivity contribution >= 4 is 52.0 Å². The van der Waals surface area contributed by atoms with Gasteiger partial charge in [-0.2, -0.15) is 0 Å². The molecule has 3 amide bonds. The van der Waals surface area contributed by atoms with Gasteiger partial charge in [-0.3, -0.25) is 14.5 Å². The zero-order valence-corrected chi connectivity index (χ0v) is 19.7. The summed E-state index contributed by atoms with van der Waals surface area (Å²) in [6.45, 7) is 0.562. The van der Waals surface area contributed by atoms with Gasteiger partial charge in [-0.15, -0.1) is 23.1 Å². The van der Waals surface area contributed by atoms with Gasteiger partial charge in [0.2, 0.25) is 5.91 Å². The normalized spacial score (nSPS) is 27.9. The fourth-order valence-corrected chi connectivity index (χ4v) is 5.92. The van der Waals surface area contributed by atoms with Crippen molar-refractivity contribution in [2.75, 3.05) is 30.9 Å². The average molecular weight is 451 g/mol. The van der Waals surface area contributed by atoms with E-state index < -0.39 is 41.1 Å². The van der Waals surface area contributed by atoms with E-state index in [1.165, 1.54) is 35.2 Å². The molecular formula is C16H18N3NaO7S2. The number of hydrogen-bond acceptors (Lipinski definition) is 9. The number of carbonyl (C=O) groups is 4. The van der Waals surface area contributed by atoms with Crippen LogP contribution in [0, 0.1) is 5.41 Å². The number of β-lactam (4-membered cyclic amide) rings is 1. The number of carboxylic acids is 1. The Morgan fingerprint density at radius 2 is 2.14 bits per heavy atom. The molecule has 152 valence electrons. The molecule has 3 heterocycles. The number of fused-ring (bicyclic) bond motifs is 1. The van der Waals surface area contributed by atoms with Crippen LogP contribution in [0.15, 0.2) is 17.5 Å². The molecule has 2 N–H and O–H groups in total. The second-order valence-electron chi connectivity index (χ2n) is 6.48. The van der Waals surface area contributed by atoms with E-state index in [4.69, 9.17) is 10.5 Å². The number of hydrogen-bond donors (Lipinski definition) is 1. The number of nitrogens with two attached hydrogens (primary N) is 1. The molecule has 2 saturated heterocycles. The van der Waals surface area contributed by atoms with Crippen LogP contribution in [0.4, 0.5) is 9.80 Å². The molecule has 1 aromatic rings. The van der Waals surface area contributed by atoms with Gasteiger partial charge in [-0.25, -0.2) is 4.79 Å². The van der Waals surface area contributed by atoms with Crippen molar-refractivity contribution < 1.29 is 63.3 Å². The molecule has 2 aliphatic rings. The molecule has 29 heavy (non-hydrogen) atoms. The van der Waals surface area contributed by atoms with E-state index in [0.29, 0.717) is 5.00 Å². The Morgan fingerprint density at radius 3 is 2.62 bits per heavy atom. The van der Waals surface area contributed by atoms with Gasteiger partial charge in [0, 0.05) is 26.3 Å². The van der Waals surface area contributed by atoms with Crippen molar-refractivity contribution in [2.45, 2.75) is 18.0 Å². The monoisotopic (exact) mass is 451 g/mol. The number of thiophene rings is 1. The average Bonchev–Trinajstić information content (AvgIpc) is 3.17. The van der Waals surface area contributed by atoms with Gasteiger partial charge in [0.15, 0.2) is 0 Å². The van der Waals surface area contributed by atoms with E-state index >= 15 is 0 Å². The summed E-state index contributed by atoms with van der Waals surface area (Å²) < 4.78 is 10.2. The fraction of sp³-hybridized carbons (Fsp3) is 0.500. The Hall–Kier alpha value is -1.31. The first-order valence-corrected chi connectivity index (χ1v) is 10.1. The first kappa shape index (κ1) is 24.0. The largest absolute Gasteiger partial charge is 1.00 e. The molecule has 10 nitrogen and oxygen atoms in total. The van der Waals surface area contributed by atoms with Crippen molar-refractivity contribution in [2.24, 2.45) is 11.1 Å². The summed E-state index contributed by atoms with van der Waals surface area (Å²) in [5, 5.41) is 13.4. The third-order valence-electron chi connectivity index (χ3n) is 4.78. The van der Waals surface area contributed by atoms with Crippen LogP contribution in [0.3, 0.4) is 0 Å². The molecule has 0 spiro atoms. The summed E-state index contributed by atoms with van der Waals surface area (Å²) >= 11 is 2.39. The first-order chi connectivity index (χ1) is 13.2. The third kappa shape index (κ3) is 3.77. The van der Waals surface area contributed by atoms with Crippen molar-refractivity contribution in [3.8, 4) is 0 Å². The predicted octanol–water partition coefficient (Wildman–Crippen LogP) is -3.81. The number of rotatable bonds is 6. The quantitative estimate of drug-likeness (QED) is 0.264. The van der Waals surface area contributed by atoms with Crippen molar-refractivity contribution in [3.63, 3.8) is 0 Å². The predicted molar refractivity (Wildman–Crippen MR) is 98.2 cm³/mol. The smallest absolute Gasteiger partial charge is 0.549 e. The van der Waals surface area contributed by atoms with Gasteiger partial charge in [0.05, 0.1) is 11.4 Å². The summed E-state index contributed by atoms with van der Waals surface area (Å²) in [5.41, 5.74) is 1.76. The van der Waals surface area contributed by atoms with Crippen LogP contribution in [-0.4, -0.2) is 65.9 Å². The van der Waals surface area contributed by atoms with E-state index in [1.807, 2.05) is 0 Å². The Balaban J connectivity index is 0.00000300. The maximum atomic E-state index is 13.1. The molecule has 3 atom stereocenters. The maximum absolute atomic E-state index is 13.1. The molecule has 0 aromatic carbocycles. The Morgan fingerprint density at radius 1 is 1.45 bits per heavy atom. The Labute approximate surface area is 197 Å². The number of carboxylic acid groups (broad SMARTS) is 1. The number of ether oxygens (including phenoxy) is 2.